The van der Waals surface area contributed by atoms with Crippen molar-refractivity contribution in [3.63, 3.8) is 0 Å². The van der Waals surface area contributed by atoms with Crippen LogP contribution in [-0.4, -0.2) is 16.8 Å². The Labute approximate surface area is 69.8 Å². The molecule has 1 nitrogen and oxygen atoms in total. The second kappa shape index (κ2) is 3.58. The molecule has 0 aromatic heterocycles. The third-order valence-electron chi connectivity index (χ3n) is 1.71. The maximum absolute atomic E-state index is 11.2. The molecule has 0 fully saturated rings. The Balaban J connectivity index is 4.40. The Hall–Kier alpha value is 0.240. The maximum atomic E-state index is 11.2. The molecule has 0 heterocycles. The van der Waals surface area contributed by atoms with Crippen LogP contribution < -0.4 is 0 Å². The van der Waals surface area contributed by atoms with Gasteiger partial charge in [0.15, 0.2) is 0 Å². The number of rotatable bonds is 3. The first-order valence-electron chi connectivity index (χ1n) is 3.29. The smallest absolute Gasteiger partial charge is 0.148 e. The van der Waals surface area contributed by atoms with Crippen LogP contribution in [0.15, 0.2) is 0 Å². The summed E-state index contributed by atoms with van der Waals surface area (Å²) in [5.41, 5.74) is 0. The predicted molar refractivity (Wildman–Crippen MR) is 50.0 cm³/mol. The molecule has 60 valence electrons. The van der Waals surface area contributed by atoms with E-state index < -0.39 is 0 Å². The molecule has 0 aromatic rings. The minimum absolute atomic E-state index is 0.222. The quantitative estimate of drug-likeness (QED) is 0.651. The number of carbonyl (C=O) groups is 1. The number of carbonyl (C=O) groups excluding carboxylic acids is 1. The van der Waals surface area contributed by atoms with Gasteiger partial charge in [0.05, 0.1) is 4.75 Å². The van der Waals surface area contributed by atoms with Gasteiger partial charge in [0.1, 0.15) is 5.78 Å². The minimum atomic E-state index is -0.288. The molecule has 3 heteroatoms. The molecule has 0 spiro atoms. The van der Waals surface area contributed by atoms with Crippen LogP contribution in [-0.2, 0) is 25.4 Å². The van der Waals surface area contributed by atoms with E-state index in [4.69, 9.17) is 11.2 Å². The molecular weight excluding hydrogens is 164 g/mol. The van der Waals surface area contributed by atoms with Crippen molar-refractivity contribution >= 4 is 26.4 Å². The molecule has 0 rings (SSSR count). The number of ketones is 1. The van der Waals surface area contributed by atoms with Crippen LogP contribution in [0.2, 0.25) is 0 Å². The normalized spacial score (nSPS) is 14.8. The monoisotopic (exact) mass is 178 g/mol. The topological polar surface area (TPSA) is 17.1 Å². The zero-order valence-corrected chi connectivity index (χ0v) is 8.56. The van der Waals surface area contributed by atoms with Gasteiger partial charge in [-0.3, -0.25) is 4.79 Å². The molecule has 0 saturated heterocycles. The molecule has 0 saturated carbocycles. The summed E-state index contributed by atoms with van der Waals surface area (Å²) in [4.78, 5) is 11.2. The van der Waals surface area contributed by atoms with Gasteiger partial charge in [0.25, 0.3) is 0 Å². The van der Waals surface area contributed by atoms with Crippen molar-refractivity contribution in [2.75, 3.05) is 6.26 Å². The Bertz CT molecular complexity index is 161. The summed E-state index contributed by atoms with van der Waals surface area (Å²) in [5.74, 6) is 0.272. The minimum Gasteiger partial charge on any atom is -0.298 e. The van der Waals surface area contributed by atoms with E-state index in [1.807, 2.05) is 27.0 Å². The molecule has 0 aliphatic rings. The first kappa shape index (κ1) is 10.2. The van der Waals surface area contributed by atoms with Gasteiger partial charge in [0.2, 0.25) is 0 Å². The highest BCUT2D eigenvalue weighted by Gasteiger charge is 2.26. The van der Waals surface area contributed by atoms with Crippen LogP contribution in [0.5, 0.6) is 0 Å². The molecule has 0 bridgehead atoms. The van der Waals surface area contributed by atoms with Crippen molar-refractivity contribution in [1.29, 1.82) is 0 Å². The van der Waals surface area contributed by atoms with Gasteiger partial charge in [-0.05, 0) is 20.1 Å². The van der Waals surface area contributed by atoms with E-state index >= 15 is 0 Å². The maximum Gasteiger partial charge on any atom is 0.148 e. The number of hydrogen-bond donors (Lipinski definition) is 0. The molecule has 1 unspecified atom stereocenters. The first-order chi connectivity index (χ1) is 4.42. The van der Waals surface area contributed by atoms with Gasteiger partial charge in [-0.2, -0.15) is 0 Å². The Kier molecular flexibility index (Phi) is 3.66. The van der Waals surface area contributed by atoms with Crippen LogP contribution in [0.4, 0.5) is 0 Å². The van der Waals surface area contributed by atoms with Gasteiger partial charge in [-0.1, -0.05) is 18.1 Å². The molecule has 1 atom stereocenters. The highest BCUT2D eigenvalue weighted by molar-refractivity contribution is 8.29. The Morgan fingerprint density at radius 1 is 1.60 bits per heavy atom. The molecule has 0 aliphatic carbocycles. The summed E-state index contributed by atoms with van der Waals surface area (Å²) in [6.07, 6.45) is 2.53. The second-order valence-corrected chi connectivity index (χ2v) is 6.17. The molecule has 0 radical (unpaired) electrons. The third-order valence-corrected chi connectivity index (χ3v) is 4.63. The summed E-state index contributed by atoms with van der Waals surface area (Å²) >= 11 is 5.06. The lowest BCUT2D eigenvalue weighted by molar-refractivity contribution is -0.120. The summed E-state index contributed by atoms with van der Waals surface area (Å²) in [5, 5.41) is 0. The lowest BCUT2D eigenvalue weighted by atomic mass is 10.1. The van der Waals surface area contributed by atoms with Crippen LogP contribution in [0.1, 0.15) is 27.2 Å². The highest BCUT2D eigenvalue weighted by Crippen LogP contribution is 2.14. The highest BCUT2D eigenvalue weighted by atomic mass is 32.8. The van der Waals surface area contributed by atoms with Crippen molar-refractivity contribution in [2.24, 2.45) is 0 Å². The molecule has 10 heavy (non-hydrogen) atoms. The average Bonchev–Trinajstić information content (AvgIpc) is 1.86. The molecule has 0 aromatic carbocycles. The van der Waals surface area contributed by atoms with E-state index in [2.05, 4.69) is 0 Å². The third kappa shape index (κ3) is 2.13. The second-order valence-electron chi connectivity index (χ2n) is 2.74. The van der Waals surface area contributed by atoms with Crippen LogP contribution in [0.25, 0.3) is 0 Å². The average molecular weight is 178 g/mol. The largest absolute Gasteiger partial charge is 0.298 e. The zero-order chi connectivity index (χ0) is 8.36. The SMILES string of the molecule is CCC(=O)C(C)(C)S(C)=S. The fourth-order valence-corrected chi connectivity index (χ4v) is 1.33. The van der Waals surface area contributed by atoms with E-state index in [1.54, 1.807) is 0 Å². The molecule has 0 amide bonds. The van der Waals surface area contributed by atoms with Gasteiger partial charge in [-0.25, -0.2) is 0 Å². The summed E-state index contributed by atoms with van der Waals surface area (Å²) in [7, 11) is -0.222. The van der Waals surface area contributed by atoms with Crippen molar-refractivity contribution in [1.82, 2.24) is 0 Å². The predicted octanol–water partition coefficient (Wildman–Crippen LogP) is 1.45. The van der Waals surface area contributed by atoms with Gasteiger partial charge in [0, 0.05) is 6.42 Å². The van der Waals surface area contributed by atoms with E-state index in [9.17, 15) is 4.79 Å². The van der Waals surface area contributed by atoms with Gasteiger partial charge < -0.3 is 0 Å². The van der Waals surface area contributed by atoms with Crippen LogP contribution >= 0.6 is 0 Å². The first-order valence-corrected chi connectivity index (χ1v) is 5.85. The van der Waals surface area contributed by atoms with Crippen LogP contribution in [0.3, 0.4) is 0 Å². The van der Waals surface area contributed by atoms with E-state index in [-0.39, 0.29) is 20.0 Å². The van der Waals surface area contributed by atoms with Gasteiger partial charge in [-0.15, -0.1) is 9.45 Å². The summed E-state index contributed by atoms with van der Waals surface area (Å²) in [6.45, 7) is 5.73. The lowest BCUT2D eigenvalue weighted by Gasteiger charge is -2.21. The van der Waals surface area contributed by atoms with Crippen molar-refractivity contribution < 1.29 is 4.79 Å². The zero-order valence-electron chi connectivity index (χ0n) is 6.93. The van der Waals surface area contributed by atoms with Crippen molar-refractivity contribution in [2.45, 2.75) is 31.9 Å². The van der Waals surface area contributed by atoms with E-state index in [1.165, 1.54) is 0 Å². The van der Waals surface area contributed by atoms with E-state index in [0.717, 1.165) is 0 Å². The standard InChI is InChI=1S/C7H14OS2/c1-5-6(8)7(2,3)10(4)9/h5H2,1-4H3. The Morgan fingerprint density at radius 2 is 2.00 bits per heavy atom. The number of hydrogen-bond acceptors (Lipinski definition) is 2. The van der Waals surface area contributed by atoms with Crippen LogP contribution in [0, 0.1) is 0 Å². The fourth-order valence-electron chi connectivity index (χ4n) is 0.586. The Morgan fingerprint density at radius 3 is 2.10 bits per heavy atom. The number of Topliss-reactive ketones (excluding diaryl/α,β-unsaturated/α-hetero) is 1. The van der Waals surface area contributed by atoms with Crippen molar-refractivity contribution in [3.8, 4) is 0 Å². The molecule has 0 aliphatic heterocycles. The van der Waals surface area contributed by atoms with Crippen molar-refractivity contribution in [3.05, 3.63) is 0 Å². The van der Waals surface area contributed by atoms with E-state index in [0.29, 0.717) is 6.42 Å². The fraction of sp³-hybridized carbons (Fsp3) is 0.857. The molecular formula is C7H14OS2. The summed E-state index contributed by atoms with van der Waals surface area (Å²) in [6, 6.07) is 0. The van der Waals surface area contributed by atoms with Gasteiger partial charge >= 0.3 is 0 Å². The lowest BCUT2D eigenvalue weighted by Crippen LogP contribution is -2.34. The molecule has 0 N–H and O–H groups in total. The summed E-state index contributed by atoms with van der Waals surface area (Å²) < 4.78 is -0.288.